The number of carbonyl (C=O) groups is 1. The van der Waals surface area contributed by atoms with Gasteiger partial charge in [-0.2, -0.15) is 0 Å². The zero-order valence-corrected chi connectivity index (χ0v) is 11.6. The summed E-state index contributed by atoms with van der Waals surface area (Å²) < 4.78 is 22.5. The van der Waals surface area contributed by atoms with Crippen molar-refractivity contribution in [2.75, 3.05) is 13.3 Å². The highest BCUT2D eigenvalue weighted by molar-refractivity contribution is 7.57. The van der Waals surface area contributed by atoms with E-state index in [1.54, 1.807) is 38.1 Å². The molecule has 0 aliphatic carbocycles. The first kappa shape index (κ1) is 14.7. The molecule has 0 saturated carbocycles. The van der Waals surface area contributed by atoms with Gasteiger partial charge >= 0.3 is 13.5 Å². The fourth-order valence-corrected chi connectivity index (χ4v) is 2.88. The molecule has 0 aliphatic rings. The maximum absolute atomic E-state index is 12.4. The molecule has 0 heterocycles. The average Bonchev–Trinajstić information content (AvgIpc) is 2.38. The van der Waals surface area contributed by atoms with Crippen molar-refractivity contribution in [2.45, 2.75) is 19.9 Å². The third-order valence-electron chi connectivity index (χ3n) is 2.36. The van der Waals surface area contributed by atoms with E-state index in [9.17, 15) is 9.36 Å². The van der Waals surface area contributed by atoms with Gasteiger partial charge in [-0.15, -0.1) is 0 Å². The summed E-state index contributed by atoms with van der Waals surface area (Å²) in [5, 5.41) is 2.70. The minimum Gasteiger partial charge on any atom is -0.468 e. The highest BCUT2D eigenvalue weighted by Crippen LogP contribution is 2.42. The molecular formula is C12H18NO4P. The molecule has 0 spiro atoms. The van der Waals surface area contributed by atoms with Crippen molar-refractivity contribution >= 4 is 13.5 Å². The van der Waals surface area contributed by atoms with Gasteiger partial charge in [0.05, 0.1) is 7.11 Å². The lowest BCUT2D eigenvalue weighted by atomic mass is 10.3. The number of benzene rings is 1. The quantitative estimate of drug-likeness (QED) is 0.636. The predicted molar refractivity (Wildman–Crippen MR) is 69.8 cm³/mol. The molecule has 0 fully saturated rings. The number of rotatable bonds is 6. The molecule has 1 aromatic rings. The number of carbonyl (C=O) groups excluding carboxylic acids is 1. The summed E-state index contributed by atoms with van der Waals surface area (Å²) in [7, 11) is -1.81. The number of ether oxygens (including phenoxy) is 1. The summed E-state index contributed by atoms with van der Waals surface area (Å²) in [4.78, 5) is 11.3. The van der Waals surface area contributed by atoms with Crippen molar-refractivity contribution < 1.29 is 18.6 Å². The zero-order chi connectivity index (χ0) is 13.6. The number of nitrogens with one attached hydrogen (secondary N) is 1. The summed E-state index contributed by atoms with van der Waals surface area (Å²) >= 11 is 0. The van der Waals surface area contributed by atoms with Crippen molar-refractivity contribution in [3.05, 3.63) is 30.3 Å². The fraction of sp³-hybridized carbons (Fsp3) is 0.417. The van der Waals surface area contributed by atoms with Crippen LogP contribution in [0.5, 0.6) is 5.75 Å². The lowest BCUT2D eigenvalue weighted by Crippen LogP contribution is -2.34. The van der Waals surface area contributed by atoms with Crippen LogP contribution in [0.2, 0.25) is 0 Å². The van der Waals surface area contributed by atoms with Crippen molar-refractivity contribution in [3.63, 3.8) is 0 Å². The van der Waals surface area contributed by atoms with Gasteiger partial charge in [-0.25, -0.2) is 5.09 Å². The van der Waals surface area contributed by atoms with E-state index in [1.807, 2.05) is 6.07 Å². The van der Waals surface area contributed by atoms with Crippen LogP contribution < -0.4 is 9.61 Å². The van der Waals surface area contributed by atoms with Gasteiger partial charge in [-0.1, -0.05) is 25.1 Å². The number of hydrogen-bond acceptors (Lipinski definition) is 4. The van der Waals surface area contributed by atoms with Gasteiger partial charge in [-0.05, 0) is 19.1 Å². The van der Waals surface area contributed by atoms with Crippen LogP contribution >= 0.6 is 7.52 Å². The SMILES string of the molecule is CCP(=O)(N[C@H](C)C(=O)OC)Oc1ccccc1. The van der Waals surface area contributed by atoms with E-state index in [4.69, 9.17) is 4.52 Å². The van der Waals surface area contributed by atoms with Crippen LogP contribution in [-0.4, -0.2) is 25.3 Å². The van der Waals surface area contributed by atoms with E-state index in [-0.39, 0.29) is 6.16 Å². The van der Waals surface area contributed by atoms with Gasteiger partial charge < -0.3 is 9.26 Å². The van der Waals surface area contributed by atoms with Crippen LogP contribution in [0.1, 0.15) is 13.8 Å². The van der Waals surface area contributed by atoms with E-state index in [1.165, 1.54) is 7.11 Å². The number of hydrogen-bond donors (Lipinski definition) is 1. The van der Waals surface area contributed by atoms with Gasteiger partial charge in [0, 0.05) is 6.16 Å². The van der Waals surface area contributed by atoms with Crippen molar-refractivity contribution in [1.29, 1.82) is 0 Å². The van der Waals surface area contributed by atoms with Gasteiger partial charge in [0.2, 0.25) is 0 Å². The molecule has 1 rings (SSSR count). The van der Waals surface area contributed by atoms with Gasteiger partial charge in [0.25, 0.3) is 0 Å². The van der Waals surface area contributed by atoms with E-state index in [0.29, 0.717) is 5.75 Å². The Bertz CT molecular complexity index is 435. The zero-order valence-electron chi connectivity index (χ0n) is 10.8. The Morgan fingerprint density at radius 1 is 1.39 bits per heavy atom. The van der Waals surface area contributed by atoms with Crippen molar-refractivity contribution in [2.24, 2.45) is 0 Å². The second-order valence-electron chi connectivity index (χ2n) is 3.77. The van der Waals surface area contributed by atoms with Crippen molar-refractivity contribution in [3.8, 4) is 5.75 Å². The molecule has 100 valence electrons. The molecule has 6 heteroatoms. The predicted octanol–water partition coefficient (Wildman–Crippen LogP) is 2.43. The average molecular weight is 271 g/mol. The first-order chi connectivity index (χ1) is 8.50. The van der Waals surface area contributed by atoms with Crippen LogP contribution in [0.15, 0.2) is 30.3 Å². The molecule has 0 amide bonds. The van der Waals surface area contributed by atoms with Gasteiger partial charge in [-0.3, -0.25) is 9.36 Å². The molecule has 18 heavy (non-hydrogen) atoms. The van der Waals surface area contributed by atoms with Gasteiger partial charge in [0.15, 0.2) is 0 Å². The Morgan fingerprint density at radius 2 is 2.00 bits per heavy atom. The highest BCUT2D eigenvalue weighted by atomic mass is 31.2. The summed E-state index contributed by atoms with van der Waals surface area (Å²) in [5.74, 6) is 0.0348. The van der Waals surface area contributed by atoms with E-state index >= 15 is 0 Å². The van der Waals surface area contributed by atoms with Gasteiger partial charge in [0.1, 0.15) is 11.8 Å². The Hall–Kier alpha value is -1.32. The Balaban J connectivity index is 2.74. The molecule has 1 unspecified atom stereocenters. The largest absolute Gasteiger partial charge is 0.468 e. The molecule has 0 aromatic heterocycles. The molecule has 0 aliphatic heterocycles. The summed E-state index contributed by atoms with van der Waals surface area (Å²) in [6.07, 6.45) is 0.281. The van der Waals surface area contributed by atoms with Crippen LogP contribution in [0, 0.1) is 0 Å². The molecular weight excluding hydrogens is 253 g/mol. The summed E-state index contributed by atoms with van der Waals surface area (Å²) in [6.45, 7) is 3.32. The second-order valence-corrected chi connectivity index (χ2v) is 6.19. The van der Waals surface area contributed by atoms with Crippen LogP contribution in [0.4, 0.5) is 0 Å². The Morgan fingerprint density at radius 3 is 2.50 bits per heavy atom. The van der Waals surface area contributed by atoms with E-state index < -0.39 is 19.5 Å². The third kappa shape index (κ3) is 4.17. The highest BCUT2D eigenvalue weighted by Gasteiger charge is 2.27. The van der Waals surface area contributed by atoms with Crippen LogP contribution in [-0.2, 0) is 14.1 Å². The molecule has 1 aromatic carbocycles. The normalized spacial score (nSPS) is 15.5. The number of methoxy groups -OCH3 is 1. The van der Waals surface area contributed by atoms with E-state index in [0.717, 1.165) is 0 Å². The first-order valence-corrected chi connectivity index (χ1v) is 7.51. The standard InChI is InChI=1S/C12H18NO4P/c1-4-18(15,13-10(2)12(14)16-3)17-11-8-6-5-7-9-11/h5-10H,4H2,1-3H3,(H,13,15)/t10-,18?/m1/s1. The van der Waals surface area contributed by atoms with E-state index in [2.05, 4.69) is 9.82 Å². The van der Waals surface area contributed by atoms with Crippen LogP contribution in [0.3, 0.4) is 0 Å². The third-order valence-corrected chi connectivity index (χ3v) is 4.48. The second kappa shape index (κ2) is 6.57. The maximum Gasteiger partial charge on any atom is 0.323 e. The molecule has 0 bridgehead atoms. The molecule has 5 nitrogen and oxygen atoms in total. The molecule has 0 saturated heterocycles. The van der Waals surface area contributed by atoms with Crippen molar-refractivity contribution in [1.82, 2.24) is 5.09 Å². The summed E-state index contributed by atoms with van der Waals surface area (Å²) in [6, 6.07) is 8.18. The number of para-hydroxylation sites is 1. The Kier molecular flexibility index (Phi) is 5.38. The fourth-order valence-electron chi connectivity index (χ4n) is 1.36. The lowest BCUT2D eigenvalue weighted by molar-refractivity contribution is -0.142. The lowest BCUT2D eigenvalue weighted by Gasteiger charge is -2.21. The topological polar surface area (TPSA) is 64.6 Å². The summed E-state index contributed by atoms with van der Waals surface area (Å²) in [5.41, 5.74) is 0. The first-order valence-electron chi connectivity index (χ1n) is 5.70. The number of esters is 1. The molecule has 0 radical (unpaired) electrons. The smallest absolute Gasteiger partial charge is 0.323 e. The van der Waals surface area contributed by atoms with Crippen LogP contribution in [0.25, 0.3) is 0 Å². The Labute approximate surface area is 107 Å². The molecule has 1 N–H and O–H groups in total. The molecule has 2 atom stereocenters. The minimum atomic E-state index is -3.10. The minimum absolute atomic E-state index is 0.281. The maximum atomic E-state index is 12.4. The monoisotopic (exact) mass is 271 g/mol.